The van der Waals surface area contributed by atoms with Gasteiger partial charge in [0.1, 0.15) is 24.0 Å². The van der Waals surface area contributed by atoms with Gasteiger partial charge in [-0.2, -0.15) is 0 Å². The van der Waals surface area contributed by atoms with E-state index < -0.39 is 18.2 Å². The van der Waals surface area contributed by atoms with E-state index in [9.17, 15) is 20.4 Å². The third-order valence-electron chi connectivity index (χ3n) is 13.6. The number of aliphatic hydroxyl groups excluding tert-OH is 3. The Balaban J connectivity index is 1.05. The molecule has 9 rings (SSSR count). The van der Waals surface area contributed by atoms with Crippen molar-refractivity contribution in [3.63, 3.8) is 0 Å². The number of phenols is 1. The molecule has 0 unspecified atom stereocenters. The molecule has 2 heterocycles. The molecule has 1 fully saturated rings. The Morgan fingerprint density at radius 3 is 2.53 bits per heavy atom. The van der Waals surface area contributed by atoms with Crippen LogP contribution in [0.5, 0.6) is 34.5 Å². The number of anilines is 1. The van der Waals surface area contributed by atoms with Crippen LogP contribution in [0, 0.1) is 11.8 Å². The topological polar surface area (TPSA) is 151 Å². The van der Waals surface area contributed by atoms with Gasteiger partial charge in [0, 0.05) is 58.5 Å². The molecular weight excluding hydrogens is 725 g/mol. The van der Waals surface area contributed by atoms with Crippen molar-refractivity contribution >= 4 is 5.69 Å². The van der Waals surface area contributed by atoms with Crippen molar-refractivity contribution in [3.8, 4) is 45.6 Å². The Bertz CT molecular complexity index is 2190. The Hall–Kier alpha value is -4.68. The second kappa shape index (κ2) is 14.9. The summed E-state index contributed by atoms with van der Waals surface area (Å²) in [6.07, 6.45) is 3.82. The predicted molar refractivity (Wildman–Crippen MR) is 216 cm³/mol. The van der Waals surface area contributed by atoms with Gasteiger partial charge < -0.3 is 49.4 Å². The first kappa shape index (κ1) is 37.9. The second-order valence-corrected chi connectivity index (χ2v) is 16.7. The van der Waals surface area contributed by atoms with Gasteiger partial charge in [0.15, 0.2) is 17.7 Å². The molecule has 7 atom stereocenters. The molecule has 0 spiro atoms. The third kappa shape index (κ3) is 6.16. The molecule has 0 saturated heterocycles. The SMILES string of the molecule is CCNCOc1cc(OC)c2c3c1[C@@H](O)Nc1cc4c(c(c1-3)CC2)[C@@H](O)[C@H](c1cc(OC)c(O)c(OC[C@H](CO)[C@@H]2c3ccccc3[C@@]3(C)CCC[C@@H]2C3)c1)CO4. The summed E-state index contributed by atoms with van der Waals surface area (Å²) < 4.78 is 30.6. The highest BCUT2D eigenvalue weighted by Gasteiger charge is 2.47. The molecule has 302 valence electrons. The molecule has 57 heavy (non-hydrogen) atoms. The van der Waals surface area contributed by atoms with Crippen molar-refractivity contribution < 1.29 is 44.1 Å². The second-order valence-electron chi connectivity index (χ2n) is 16.7. The maximum atomic E-state index is 12.4. The predicted octanol–water partition coefficient (Wildman–Crippen LogP) is 6.98. The number of methoxy groups -OCH3 is 2. The quantitative estimate of drug-likeness (QED) is 0.0653. The first-order valence-corrected chi connectivity index (χ1v) is 20.5. The number of phenolic OH excluding ortho intramolecular Hbond substituents is 1. The van der Waals surface area contributed by atoms with E-state index in [1.807, 2.05) is 19.1 Å². The van der Waals surface area contributed by atoms with Crippen molar-refractivity contribution in [1.29, 1.82) is 0 Å². The number of fused-ring (bicyclic) bond motifs is 6. The van der Waals surface area contributed by atoms with Crippen molar-refractivity contribution in [2.24, 2.45) is 11.8 Å². The average molecular weight is 779 g/mol. The van der Waals surface area contributed by atoms with Gasteiger partial charge in [0.25, 0.3) is 0 Å². The van der Waals surface area contributed by atoms with Gasteiger partial charge in [-0.15, -0.1) is 0 Å². The number of rotatable bonds is 12. The van der Waals surface area contributed by atoms with Crippen LogP contribution in [-0.2, 0) is 18.3 Å². The monoisotopic (exact) mass is 778 g/mol. The van der Waals surface area contributed by atoms with Crippen LogP contribution >= 0.6 is 0 Å². The molecule has 11 heteroatoms. The summed E-state index contributed by atoms with van der Waals surface area (Å²) in [7, 11) is 3.14. The fourth-order valence-electron chi connectivity index (χ4n) is 10.9. The number of benzene rings is 4. The number of hydrogen-bond acceptors (Lipinski definition) is 11. The van der Waals surface area contributed by atoms with Crippen LogP contribution in [0.15, 0.2) is 48.5 Å². The first-order chi connectivity index (χ1) is 27.7. The van der Waals surface area contributed by atoms with Crippen molar-refractivity contribution in [2.45, 2.75) is 82.0 Å². The van der Waals surface area contributed by atoms with Crippen molar-refractivity contribution in [1.82, 2.24) is 5.32 Å². The summed E-state index contributed by atoms with van der Waals surface area (Å²) >= 11 is 0. The summed E-state index contributed by atoms with van der Waals surface area (Å²) in [6, 6.07) is 15.9. The van der Waals surface area contributed by atoms with Crippen molar-refractivity contribution in [2.75, 3.05) is 52.6 Å². The minimum Gasteiger partial charge on any atom is -0.502 e. The van der Waals surface area contributed by atoms with Crippen LogP contribution in [0.25, 0.3) is 11.1 Å². The molecule has 5 aliphatic rings. The fraction of sp³-hybridized carbons (Fsp3) is 0.478. The lowest BCUT2D eigenvalue weighted by molar-refractivity contribution is 0.0822. The normalized spacial score (nSPS) is 25.5. The zero-order valence-electron chi connectivity index (χ0n) is 33.2. The molecule has 1 saturated carbocycles. The highest BCUT2D eigenvalue weighted by Crippen LogP contribution is 2.58. The molecule has 6 N–H and O–H groups in total. The Kier molecular flexibility index (Phi) is 9.91. The van der Waals surface area contributed by atoms with Gasteiger partial charge in [0.2, 0.25) is 5.75 Å². The van der Waals surface area contributed by atoms with E-state index in [1.54, 1.807) is 19.2 Å². The lowest BCUT2D eigenvalue weighted by Gasteiger charge is -2.50. The number of ether oxygens (including phenoxy) is 5. The Labute approximate surface area is 333 Å². The standard InChI is InChI=1S/C46H54N2O9/c1-5-47-23-57-35-18-33(53-3)28-12-13-29-39-32(48-45(52)42(35)41(28)39)17-34-40(29)43(50)30(22-56-34)25-15-36(54-4)44(51)37(16-25)55-21-26(20-49)38-24-9-8-14-46(2,19-24)31-11-7-6-10-27(31)38/h6-7,10-11,15-18,24,26,30,38,43,45,47-52H,5,8-9,12-14,19-23H2,1-4H3/t24-,26+,30+,38-,43+,45-,46+/m1/s1. The zero-order chi connectivity index (χ0) is 39.6. The highest BCUT2D eigenvalue weighted by molar-refractivity contribution is 5.93. The number of hydrogen-bond donors (Lipinski definition) is 6. The van der Waals surface area contributed by atoms with E-state index in [4.69, 9.17) is 23.7 Å². The van der Waals surface area contributed by atoms with E-state index in [1.165, 1.54) is 24.7 Å². The minimum absolute atomic E-state index is 0.0469. The summed E-state index contributed by atoms with van der Waals surface area (Å²) in [6.45, 7) is 5.71. The summed E-state index contributed by atoms with van der Waals surface area (Å²) in [4.78, 5) is 0. The number of aromatic hydroxyl groups is 1. The van der Waals surface area contributed by atoms with Crippen molar-refractivity contribution in [3.05, 3.63) is 87.5 Å². The Morgan fingerprint density at radius 1 is 0.947 bits per heavy atom. The lowest BCUT2D eigenvalue weighted by Crippen LogP contribution is -2.42. The van der Waals surface area contributed by atoms with Gasteiger partial charge >= 0.3 is 0 Å². The summed E-state index contributed by atoms with van der Waals surface area (Å²) in [5, 5.41) is 52.5. The average Bonchev–Trinajstić information content (AvgIpc) is 3.21. The Morgan fingerprint density at radius 2 is 1.74 bits per heavy atom. The molecule has 4 aromatic rings. The molecule has 4 aromatic carbocycles. The summed E-state index contributed by atoms with van der Waals surface area (Å²) in [5.41, 5.74) is 9.27. The molecule has 0 radical (unpaired) electrons. The highest BCUT2D eigenvalue weighted by atomic mass is 16.5. The van der Waals surface area contributed by atoms with Crippen LogP contribution in [0.4, 0.5) is 5.69 Å². The first-order valence-electron chi connectivity index (χ1n) is 20.5. The van der Waals surface area contributed by atoms with E-state index in [0.29, 0.717) is 52.7 Å². The maximum absolute atomic E-state index is 12.4. The van der Waals surface area contributed by atoms with Crippen LogP contribution < -0.4 is 34.3 Å². The van der Waals surface area contributed by atoms with Gasteiger partial charge in [-0.1, -0.05) is 44.5 Å². The molecule has 11 nitrogen and oxygen atoms in total. The van der Waals surface area contributed by atoms with Gasteiger partial charge in [-0.25, -0.2) is 0 Å². The fourth-order valence-corrected chi connectivity index (χ4v) is 10.9. The molecule has 3 aliphatic carbocycles. The molecular formula is C46H54N2O9. The largest absolute Gasteiger partial charge is 0.502 e. The van der Waals surface area contributed by atoms with Crippen LogP contribution in [0.1, 0.15) is 103 Å². The van der Waals surface area contributed by atoms with E-state index in [0.717, 1.165) is 53.7 Å². The van der Waals surface area contributed by atoms with Crippen LogP contribution in [0.3, 0.4) is 0 Å². The number of nitrogens with one attached hydrogen (secondary N) is 2. The number of aliphatic hydroxyl groups is 3. The summed E-state index contributed by atoms with van der Waals surface area (Å²) in [5.74, 6) is 1.98. The maximum Gasteiger partial charge on any atom is 0.200 e. The third-order valence-corrected chi connectivity index (χ3v) is 13.6. The molecule has 0 aromatic heterocycles. The van der Waals surface area contributed by atoms with Gasteiger partial charge in [-0.05, 0) is 90.3 Å². The van der Waals surface area contributed by atoms with E-state index in [-0.39, 0.29) is 61.1 Å². The van der Waals surface area contributed by atoms with Gasteiger partial charge in [-0.3, -0.25) is 5.32 Å². The smallest absolute Gasteiger partial charge is 0.200 e. The molecule has 2 bridgehead atoms. The van der Waals surface area contributed by atoms with Crippen LogP contribution in [-0.4, -0.2) is 67.7 Å². The minimum atomic E-state index is -1.02. The van der Waals surface area contributed by atoms with E-state index >= 15 is 0 Å². The van der Waals surface area contributed by atoms with Crippen LogP contribution in [0.2, 0.25) is 0 Å². The lowest BCUT2D eigenvalue weighted by atomic mass is 9.55. The molecule has 2 aliphatic heterocycles. The van der Waals surface area contributed by atoms with E-state index in [2.05, 4.69) is 41.8 Å². The zero-order valence-corrected chi connectivity index (χ0v) is 33.2. The molecule has 0 amide bonds. The van der Waals surface area contributed by atoms with Gasteiger partial charge in [0.05, 0.1) is 39.1 Å².